The van der Waals surface area contributed by atoms with Crippen molar-refractivity contribution in [2.75, 3.05) is 32.7 Å². The van der Waals surface area contributed by atoms with Gasteiger partial charge in [-0.1, -0.05) is 0 Å². The number of hydrogen-bond donors (Lipinski definition) is 2. The van der Waals surface area contributed by atoms with Gasteiger partial charge in [-0.2, -0.15) is 0 Å². The molecule has 6 nitrogen and oxygen atoms in total. The first kappa shape index (κ1) is 14.8. The molecule has 0 radical (unpaired) electrons. The third-order valence-corrected chi connectivity index (χ3v) is 5.14. The molecule has 0 aromatic heterocycles. The molecular formula is C15H26N4O2. The lowest BCUT2D eigenvalue weighted by Gasteiger charge is -2.33. The number of piperidine rings is 1. The molecule has 0 aromatic carbocycles. The van der Waals surface area contributed by atoms with Crippen LogP contribution in [0.2, 0.25) is 0 Å². The van der Waals surface area contributed by atoms with Crippen LogP contribution in [0.25, 0.3) is 0 Å². The largest absolute Gasteiger partial charge is 0.369 e. The second kappa shape index (κ2) is 6.32. The minimum atomic E-state index is -0.274. The van der Waals surface area contributed by atoms with Crippen molar-refractivity contribution in [1.29, 1.82) is 0 Å². The van der Waals surface area contributed by atoms with Crippen molar-refractivity contribution in [2.45, 2.75) is 44.2 Å². The zero-order chi connectivity index (χ0) is 14.8. The van der Waals surface area contributed by atoms with Crippen molar-refractivity contribution in [3.05, 3.63) is 0 Å². The molecule has 3 N–H and O–H groups in total. The highest BCUT2D eigenvalue weighted by molar-refractivity contribution is 5.81. The Kier molecular flexibility index (Phi) is 4.45. The van der Waals surface area contributed by atoms with Gasteiger partial charge in [0.2, 0.25) is 11.8 Å². The first-order valence-corrected chi connectivity index (χ1v) is 8.17. The number of rotatable bonds is 3. The molecule has 2 bridgehead atoms. The molecule has 21 heavy (non-hydrogen) atoms. The summed E-state index contributed by atoms with van der Waals surface area (Å²) in [5.74, 6) is -0.285. The predicted molar refractivity (Wildman–Crippen MR) is 79.5 cm³/mol. The molecule has 3 heterocycles. The summed E-state index contributed by atoms with van der Waals surface area (Å²) in [4.78, 5) is 27.9. The van der Waals surface area contributed by atoms with E-state index < -0.39 is 0 Å². The van der Waals surface area contributed by atoms with Gasteiger partial charge in [0.05, 0.1) is 12.5 Å². The monoisotopic (exact) mass is 294 g/mol. The van der Waals surface area contributed by atoms with E-state index in [1.807, 2.05) is 4.90 Å². The lowest BCUT2D eigenvalue weighted by Crippen LogP contribution is -2.48. The van der Waals surface area contributed by atoms with E-state index in [1.54, 1.807) is 0 Å². The number of carbonyl (C=O) groups is 2. The Morgan fingerprint density at radius 1 is 1.05 bits per heavy atom. The van der Waals surface area contributed by atoms with Gasteiger partial charge < -0.3 is 16.0 Å². The summed E-state index contributed by atoms with van der Waals surface area (Å²) in [5, 5.41) is 3.63. The van der Waals surface area contributed by atoms with E-state index in [0.717, 1.165) is 38.9 Å². The van der Waals surface area contributed by atoms with Crippen molar-refractivity contribution in [2.24, 2.45) is 11.7 Å². The highest BCUT2D eigenvalue weighted by atomic mass is 16.2. The molecule has 3 atom stereocenters. The van der Waals surface area contributed by atoms with Crippen molar-refractivity contribution in [1.82, 2.24) is 15.1 Å². The van der Waals surface area contributed by atoms with Crippen LogP contribution < -0.4 is 11.1 Å². The third-order valence-electron chi connectivity index (χ3n) is 5.14. The minimum absolute atomic E-state index is 0.152. The number of primary amides is 1. The van der Waals surface area contributed by atoms with Crippen molar-refractivity contribution in [3.8, 4) is 0 Å². The van der Waals surface area contributed by atoms with Gasteiger partial charge in [-0.3, -0.25) is 14.5 Å². The summed E-state index contributed by atoms with van der Waals surface area (Å²) in [6, 6.07) is 1.19. The first-order chi connectivity index (χ1) is 10.1. The normalized spacial score (nSPS) is 33.7. The van der Waals surface area contributed by atoms with E-state index in [-0.39, 0.29) is 17.7 Å². The predicted octanol–water partition coefficient (Wildman–Crippen LogP) is -0.463. The fourth-order valence-corrected chi connectivity index (χ4v) is 3.89. The Morgan fingerprint density at radius 2 is 1.86 bits per heavy atom. The van der Waals surface area contributed by atoms with Crippen LogP contribution in [0, 0.1) is 5.92 Å². The van der Waals surface area contributed by atoms with E-state index in [2.05, 4.69) is 10.2 Å². The molecule has 3 fully saturated rings. The van der Waals surface area contributed by atoms with Gasteiger partial charge >= 0.3 is 0 Å². The molecule has 3 aliphatic rings. The number of carbonyl (C=O) groups excluding carboxylic acids is 2. The van der Waals surface area contributed by atoms with Crippen LogP contribution in [0.4, 0.5) is 0 Å². The highest BCUT2D eigenvalue weighted by Crippen LogP contribution is 2.21. The van der Waals surface area contributed by atoms with E-state index in [1.165, 1.54) is 12.8 Å². The molecule has 0 saturated carbocycles. The number of nitrogens with zero attached hydrogens (tertiary/aromatic N) is 2. The summed E-state index contributed by atoms with van der Waals surface area (Å²) < 4.78 is 0. The molecule has 2 amide bonds. The number of likely N-dealkylation sites (tertiary alicyclic amines) is 2. The first-order valence-electron chi connectivity index (χ1n) is 8.17. The lowest BCUT2D eigenvalue weighted by molar-refractivity contribution is -0.136. The van der Waals surface area contributed by atoms with Crippen molar-refractivity contribution in [3.63, 3.8) is 0 Å². The number of fused-ring (bicyclic) bond motifs is 2. The standard InChI is InChI=1S/C15H26N4O2/c16-15(21)11-2-1-6-19(8-11)14(20)10-18-7-5-12-3-4-13(9-18)17-12/h11-13,17H,1-10H2,(H2,16,21). The lowest BCUT2D eigenvalue weighted by atomic mass is 9.97. The highest BCUT2D eigenvalue weighted by Gasteiger charge is 2.32. The topological polar surface area (TPSA) is 78.7 Å². The molecule has 6 heteroatoms. The number of amides is 2. The van der Waals surface area contributed by atoms with Crippen LogP contribution in [-0.4, -0.2) is 66.4 Å². The molecule has 3 saturated heterocycles. The molecular weight excluding hydrogens is 268 g/mol. The van der Waals surface area contributed by atoms with E-state index >= 15 is 0 Å². The van der Waals surface area contributed by atoms with E-state index in [9.17, 15) is 9.59 Å². The average Bonchev–Trinajstić information content (AvgIpc) is 2.81. The maximum absolute atomic E-state index is 12.5. The van der Waals surface area contributed by atoms with Crippen LogP contribution in [0.5, 0.6) is 0 Å². The van der Waals surface area contributed by atoms with Gasteiger partial charge in [0.25, 0.3) is 0 Å². The fraction of sp³-hybridized carbons (Fsp3) is 0.867. The van der Waals surface area contributed by atoms with Crippen molar-refractivity contribution < 1.29 is 9.59 Å². The summed E-state index contributed by atoms with van der Waals surface area (Å²) in [6.45, 7) is 3.71. The van der Waals surface area contributed by atoms with Crippen LogP contribution in [0.3, 0.4) is 0 Å². The fourth-order valence-electron chi connectivity index (χ4n) is 3.89. The Morgan fingerprint density at radius 3 is 2.67 bits per heavy atom. The van der Waals surface area contributed by atoms with E-state index in [4.69, 9.17) is 5.73 Å². The second-order valence-corrected chi connectivity index (χ2v) is 6.74. The number of nitrogens with two attached hydrogens (primary N) is 1. The van der Waals surface area contributed by atoms with Gasteiger partial charge in [0, 0.05) is 38.3 Å². The maximum Gasteiger partial charge on any atom is 0.236 e. The van der Waals surface area contributed by atoms with Crippen molar-refractivity contribution >= 4 is 11.8 Å². The van der Waals surface area contributed by atoms with Crippen LogP contribution >= 0.6 is 0 Å². The summed E-state index contributed by atoms with van der Waals surface area (Å²) in [6.07, 6.45) is 5.33. The van der Waals surface area contributed by atoms with Crippen LogP contribution in [0.15, 0.2) is 0 Å². The summed E-state index contributed by atoms with van der Waals surface area (Å²) >= 11 is 0. The average molecular weight is 294 g/mol. The van der Waals surface area contributed by atoms with Crippen LogP contribution in [0.1, 0.15) is 32.1 Å². The van der Waals surface area contributed by atoms with Gasteiger partial charge in [0.15, 0.2) is 0 Å². The quantitative estimate of drug-likeness (QED) is 0.738. The van der Waals surface area contributed by atoms with Gasteiger partial charge in [-0.15, -0.1) is 0 Å². The zero-order valence-electron chi connectivity index (χ0n) is 12.6. The molecule has 0 aromatic rings. The molecule has 3 aliphatic heterocycles. The van der Waals surface area contributed by atoms with Gasteiger partial charge in [0.1, 0.15) is 0 Å². The Bertz CT molecular complexity index is 414. The molecule has 3 unspecified atom stereocenters. The van der Waals surface area contributed by atoms with Gasteiger partial charge in [-0.05, 0) is 32.1 Å². The summed E-state index contributed by atoms with van der Waals surface area (Å²) in [5.41, 5.74) is 5.38. The number of hydrogen-bond acceptors (Lipinski definition) is 4. The SMILES string of the molecule is NC(=O)C1CCCN(C(=O)CN2CCC3CCC(C2)N3)C1. The maximum atomic E-state index is 12.5. The molecule has 0 spiro atoms. The third kappa shape index (κ3) is 3.55. The summed E-state index contributed by atoms with van der Waals surface area (Å²) in [7, 11) is 0. The molecule has 118 valence electrons. The van der Waals surface area contributed by atoms with Gasteiger partial charge in [-0.25, -0.2) is 0 Å². The molecule has 3 rings (SSSR count). The Labute approximate surface area is 126 Å². The Balaban J connectivity index is 1.52. The van der Waals surface area contributed by atoms with Crippen LogP contribution in [-0.2, 0) is 9.59 Å². The second-order valence-electron chi connectivity index (χ2n) is 6.74. The minimum Gasteiger partial charge on any atom is -0.369 e. The molecule has 0 aliphatic carbocycles. The Hall–Kier alpha value is -1.14. The van der Waals surface area contributed by atoms with E-state index in [0.29, 0.717) is 25.2 Å². The smallest absolute Gasteiger partial charge is 0.236 e. The zero-order valence-corrected chi connectivity index (χ0v) is 12.6. The number of nitrogens with one attached hydrogen (secondary N) is 1.